The largest absolute Gasteiger partial charge is 0.356 e. The molecule has 0 atom stereocenters. The van der Waals surface area contributed by atoms with Crippen LogP contribution in [0.3, 0.4) is 0 Å². The molecule has 0 aliphatic carbocycles. The van der Waals surface area contributed by atoms with E-state index in [1.165, 1.54) is 24.1 Å². The number of urea groups is 1. The number of carbonyl (C=O) groups excluding carboxylic acids is 2. The third kappa shape index (κ3) is 2.55. The Morgan fingerprint density at radius 2 is 1.90 bits per heavy atom. The maximum Gasteiger partial charge on any atom is 0.324 e. The van der Waals surface area contributed by atoms with Crippen LogP contribution in [0, 0.1) is 5.82 Å². The highest BCUT2D eigenvalue weighted by Gasteiger charge is 2.51. The van der Waals surface area contributed by atoms with Crippen LogP contribution in [0.25, 0.3) is 16.7 Å². The van der Waals surface area contributed by atoms with Gasteiger partial charge in [0.2, 0.25) is 0 Å². The van der Waals surface area contributed by atoms with E-state index in [1.807, 2.05) is 4.90 Å². The van der Waals surface area contributed by atoms with E-state index < -0.39 is 11.4 Å². The zero-order chi connectivity index (χ0) is 20.2. The zero-order valence-electron chi connectivity index (χ0n) is 15.7. The Labute approximate surface area is 165 Å². The highest BCUT2D eigenvalue weighted by atomic mass is 19.1. The predicted octanol–water partition coefficient (Wildman–Crippen LogP) is 1.48. The molecule has 0 unspecified atom stereocenters. The molecule has 2 fully saturated rings. The van der Waals surface area contributed by atoms with E-state index >= 15 is 0 Å². The minimum Gasteiger partial charge on any atom is -0.356 e. The van der Waals surface area contributed by atoms with Gasteiger partial charge in [0.1, 0.15) is 29.2 Å². The summed E-state index contributed by atoms with van der Waals surface area (Å²) in [5.74, 6) is 0.0945. The molecule has 1 spiro atoms. The monoisotopic (exact) mass is 395 g/mol. The zero-order valence-corrected chi connectivity index (χ0v) is 15.7. The minimum atomic E-state index is -0.841. The minimum absolute atomic E-state index is 0.192. The van der Waals surface area contributed by atoms with Gasteiger partial charge in [0, 0.05) is 20.1 Å². The molecule has 0 saturated carbocycles. The average Bonchev–Trinajstić information content (AvgIpc) is 3.25. The number of hydrogen-bond acceptors (Lipinski definition) is 6. The molecule has 3 amide bonds. The number of nitrogens with zero attached hydrogens (tertiary/aromatic N) is 6. The normalized spacial score (nSPS) is 18.7. The van der Waals surface area contributed by atoms with Crippen molar-refractivity contribution < 1.29 is 14.0 Å². The average molecular weight is 395 g/mol. The molecule has 1 aromatic carbocycles. The third-order valence-corrected chi connectivity index (χ3v) is 5.71. The molecule has 10 heteroatoms. The number of halogens is 1. The third-order valence-electron chi connectivity index (χ3n) is 5.71. The summed E-state index contributed by atoms with van der Waals surface area (Å²) in [6.45, 7) is 1.08. The summed E-state index contributed by atoms with van der Waals surface area (Å²) in [5, 5.41) is 7.84. The molecule has 29 heavy (non-hydrogen) atoms. The number of hydrogen-bond donors (Lipinski definition) is 1. The number of nitrogens with one attached hydrogen (secondary N) is 1. The Morgan fingerprint density at radius 3 is 2.59 bits per heavy atom. The number of piperidine rings is 1. The Hall–Kier alpha value is -3.56. The molecule has 9 nitrogen and oxygen atoms in total. The smallest absolute Gasteiger partial charge is 0.324 e. The number of likely N-dealkylation sites (N-methyl/N-ethyl adjacent to an activating group) is 1. The van der Waals surface area contributed by atoms with Crippen molar-refractivity contribution in [3.8, 4) is 5.69 Å². The van der Waals surface area contributed by atoms with Crippen LogP contribution in [0.4, 0.5) is 15.0 Å². The second kappa shape index (κ2) is 6.23. The van der Waals surface area contributed by atoms with Gasteiger partial charge in [-0.25, -0.2) is 23.8 Å². The lowest BCUT2D eigenvalue weighted by Crippen LogP contribution is -2.55. The molecule has 148 valence electrons. The number of fused-ring (bicyclic) bond motifs is 1. The fourth-order valence-corrected chi connectivity index (χ4v) is 4.08. The van der Waals surface area contributed by atoms with Gasteiger partial charge >= 0.3 is 6.03 Å². The van der Waals surface area contributed by atoms with Crippen LogP contribution in [0.2, 0.25) is 0 Å². The molecule has 0 radical (unpaired) electrons. The second-order valence-electron chi connectivity index (χ2n) is 7.31. The van der Waals surface area contributed by atoms with Gasteiger partial charge in [-0.05, 0) is 25.0 Å². The summed E-state index contributed by atoms with van der Waals surface area (Å²) in [4.78, 5) is 36.2. The Bertz CT molecular complexity index is 1140. The van der Waals surface area contributed by atoms with Crippen LogP contribution >= 0.6 is 0 Å². The summed E-state index contributed by atoms with van der Waals surface area (Å²) >= 11 is 0. The quantitative estimate of drug-likeness (QED) is 0.661. The first-order valence-corrected chi connectivity index (χ1v) is 9.29. The first kappa shape index (κ1) is 17.5. The van der Waals surface area contributed by atoms with Crippen molar-refractivity contribution in [3.63, 3.8) is 0 Å². The standard InChI is InChI=1S/C19H18FN7O2/c1-25-17(28)19(24-18(25)29)6-8-26(9-7-19)15-12-10-23-27(16(12)22-11-21-15)14-5-3-2-4-13(14)20/h2-5,10-11H,6-9H2,1H3,(H,24,29). The molecule has 2 aliphatic rings. The maximum atomic E-state index is 14.2. The number of anilines is 1. The number of benzene rings is 1. The predicted molar refractivity (Wildman–Crippen MR) is 102 cm³/mol. The molecule has 4 heterocycles. The lowest BCUT2D eigenvalue weighted by atomic mass is 9.87. The summed E-state index contributed by atoms with van der Waals surface area (Å²) in [7, 11) is 1.49. The Balaban J connectivity index is 1.46. The number of amides is 3. The summed E-state index contributed by atoms with van der Waals surface area (Å²) in [6.07, 6.45) is 4.01. The topological polar surface area (TPSA) is 96.2 Å². The van der Waals surface area contributed by atoms with Crippen LogP contribution in [0.1, 0.15) is 12.8 Å². The number of aromatic nitrogens is 4. The molecule has 5 rings (SSSR count). The van der Waals surface area contributed by atoms with Crippen molar-refractivity contribution in [1.82, 2.24) is 30.0 Å². The first-order chi connectivity index (χ1) is 14.0. The summed E-state index contributed by atoms with van der Waals surface area (Å²) in [5.41, 5.74) is -0.0244. The summed E-state index contributed by atoms with van der Waals surface area (Å²) in [6, 6.07) is 6.01. The Morgan fingerprint density at radius 1 is 1.14 bits per heavy atom. The van der Waals surface area contributed by atoms with Crippen LogP contribution in [0.15, 0.2) is 36.8 Å². The van der Waals surface area contributed by atoms with Gasteiger partial charge in [0.25, 0.3) is 5.91 Å². The molecular formula is C19H18FN7O2. The maximum absolute atomic E-state index is 14.2. The summed E-state index contributed by atoms with van der Waals surface area (Å²) < 4.78 is 15.7. The highest BCUT2D eigenvalue weighted by molar-refractivity contribution is 6.07. The van der Waals surface area contributed by atoms with E-state index in [1.54, 1.807) is 24.4 Å². The van der Waals surface area contributed by atoms with Crippen molar-refractivity contribution in [1.29, 1.82) is 0 Å². The van der Waals surface area contributed by atoms with Crippen LogP contribution in [-0.4, -0.2) is 62.3 Å². The molecule has 2 saturated heterocycles. The van der Waals surface area contributed by atoms with Gasteiger partial charge in [0.05, 0.1) is 11.6 Å². The van der Waals surface area contributed by atoms with Crippen LogP contribution in [-0.2, 0) is 4.79 Å². The van der Waals surface area contributed by atoms with E-state index in [9.17, 15) is 14.0 Å². The van der Waals surface area contributed by atoms with Crippen LogP contribution in [0.5, 0.6) is 0 Å². The van der Waals surface area contributed by atoms with Gasteiger partial charge in [-0.15, -0.1) is 0 Å². The van der Waals surface area contributed by atoms with Gasteiger partial charge in [0.15, 0.2) is 5.65 Å². The van der Waals surface area contributed by atoms with Crippen LogP contribution < -0.4 is 10.2 Å². The molecule has 0 bridgehead atoms. The van der Waals surface area contributed by atoms with Gasteiger partial charge in [-0.2, -0.15) is 5.10 Å². The molecule has 2 aliphatic heterocycles. The molecular weight excluding hydrogens is 377 g/mol. The van der Waals surface area contributed by atoms with E-state index in [-0.39, 0.29) is 11.9 Å². The van der Waals surface area contributed by atoms with E-state index in [2.05, 4.69) is 20.4 Å². The molecule has 3 aromatic rings. The fourth-order valence-electron chi connectivity index (χ4n) is 4.08. The van der Waals surface area contributed by atoms with Gasteiger partial charge < -0.3 is 10.2 Å². The van der Waals surface area contributed by atoms with Crippen molar-refractivity contribution in [2.45, 2.75) is 18.4 Å². The number of carbonyl (C=O) groups is 2. The van der Waals surface area contributed by atoms with E-state index in [4.69, 9.17) is 0 Å². The Kier molecular flexibility index (Phi) is 3.76. The number of para-hydroxylation sites is 1. The number of rotatable bonds is 2. The van der Waals surface area contributed by atoms with Crippen molar-refractivity contribution >= 4 is 28.8 Å². The lowest BCUT2D eigenvalue weighted by molar-refractivity contribution is -0.131. The van der Waals surface area contributed by atoms with Crippen molar-refractivity contribution in [3.05, 3.63) is 42.6 Å². The first-order valence-electron chi connectivity index (χ1n) is 9.29. The van der Waals surface area contributed by atoms with Gasteiger partial charge in [-0.1, -0.05) is 12.1 Å². The van der Waals surface area contributed by atoms with Crippen molar-refractivity contribution in [2.24, 2.45) is 0 Å². The SMILES string of the molecule is CN1C(=O)NC2(CCN(c3ncnc4c3cnn4-c3ccccc3F)CC2)C1=O. The second-order valence-corrected chi connectivity index (χ2v) is 7.31. The van der Waals surface area contributed by atoms with E-state index in [0.29, 0.717) is 48.5 Å². The fraction of sp³-hybridized carbons (Fsp3) is 0.316. The molecule has 2 aromatic heterocycles. The van der Waals surface area contributed by atoms with Crippen molar-refractivity contribution in [2.75, 3.05) is 25.0 Å². The number of imide groups is 1. The van der Waals surface area contributed by atoms with E-state index in [0.717, 1.165) is 4.90 Å². The molecule has 1 N–H and O–H groups in total. The lowest BCUT2D eigenvalue weighted by Gasteiger charge is -2.37. The highest BCUT2D eigenvalue weighted by Crippen LogP contribution is 2.33. The van der Waals surface area contributed by atoms with Gasteiger partial charge in [-0.3, -0.25) is 9.69 Å².